The summed E-state index contributed by atoms with van der Waals surface area (Å²) in [7, 11) is 0. The minimum absolute atomic E-state index is 0.0765. The second-order valence-electron chi connectivity index (χ2n) is 5.86. The first kappa shape index (κ1) is 13.8. The van der Waals surface area contributed by atoms with E-state index in [1.54, 1.807) is 23.1 Å². The van der Waals surface area contributed by atoms with E-state index in [2.05, 4.69) is 6.92 Å². The number of hydrogen-bond acceptors (Lipinski definition) is 3. The SMILES string of the molecule is CC1CN(C(=O)c2cc3ccccc3oc2=O)c2ccccc21. The van der Waals surface area contributed by atoms with Gasteiger partial charge in [0.2, 0.25) is 0 Å². The summed E-state index contributed by atoms with van der Waals surface area (Å²) in [6, 6.07) is 16.6. The quantitative estimate of drug-likeness (QED) is 0.646. The topological polar surface area (TPSA) is 50.5 Å². The molecule has 4 nitrogen and oxygen atoms in total. The van der Waals surface area contributed by atoms with Gasteiger partial charge < -0.3 is 9.32 Å². The van der Waals surface area contributed by atoms with Gasteiger partial charge in [-0.1, -0.05) is 43.3 Å². The fourth-order valence-corrected chi connectivity index (χ4v) is 3.17. The number of amides is 1. The van der Waals surface area contributed by atoms with Crippen molar-refractivity contribution >= 4 is 22.6 Å². The summed E-state index contributed by atoms with van der Waals surface area (Å²) in [5.74, 6) is -0.0519. The first-order chi connectivity index (χ1) is 11.1. The summed E-state index contributed by atoms with van der Waals surface area (Å²) in [6.45, 7) is 2.65. The third kappa shape index (κ3) is 2.14. The largest absolute Gasteiger partial charge is 0.422 e. The van der Waals surface area contributed by atoms with Crippen LogP contribution >= 0.6 is 0 Å². The molecule has 23 heavy (non-hydrogen) atoms. The summed E-state index contributed by atoms with van der Waals surface area (Å²) in [4.78, 5) is 26.8. The van der Waals surface area contributed by atoms with Crippen molar-refractivity contribution in [2.24, 2.45) is 0 Å². The van der Waals surface area contributed by atoms with Crippen molar-refractivity contribution in [3.05, 3.63) is 76.1 Å². The summed E-state index contributed by atoms with van der Waals surface area (Å²) < 4.78 is 5.29. The first-order valence-corrected chi connectivity index (χ1v) is 7.59. The molecule has 4 rings (SSSR count). The number of carbonyl (C=O) groups excluding carboxylic acids is 1. The van der Waals surface area contributed by atoms with Gasteiger partial charge in [0.25, 0.3) is 5.91 Å². The number of hydrogen-bond donors (Lipinski definition) is 0. The van der Waals surface area contributed by atoms with E-state index >= 15 is 0 Å². The van der Waals surface area contributed by atoms with Crippen LogP contribution in [0.15, 0.2) is 63.8 Å². The van der Waals surface area contributed by atoms with Gasteiger partial charge in [-0.15, -0.1) is 0 Å². The first-order valence-electron chi connectivity index (χ1n) is 7.59. The van der Waals surface area contributed by atoms with E-state index in [9.17, 15) is 9.59 Å². The van der Waals surface area contributed by atoms with Gasteiger partial charge in [-0.2, -0.15) is 0 Å². The molecule has 0 saturated heterocycles. The zero-order valence-electron chi connectivity index (χ0n) is 12.7. The molecule has 114 valence electrons. The highest BCUT2D eigenvalue weighted by Crippen LogP contribution is 2.36. The van der Waals surface area contributed by atoms with Gasteiger partial charge in [-0.05, 0) is 23.8 Å². The van der Waals surface area contributed by atoms with Crippen LogP contribution in [-0.4, -0.2) is 12.5 Å². The molecule has 0 aliphatic carbocycles. The van der Waals surface area contributed by atoms with Gasteiger partial charge in [-0.25, -0.2) is 4.79 Å². The van der Waals surface area contributed by atoms with E-state index in [1.165, 1.54) is 0 Å². The van der Waals surface area contributed by atoms with Gasteiger partial charge >= 0.3 is 5.63 Å². The zero-order chi connectivity index (χ0) is 16.0. The average Bonchev–Trinajstić information content (AvgIpc) is 2.91. The molecule has 1 unspecified atom stereocenters. The van der Waals surface area contributed by atoms with E-state index in [-0.39, 0.29) is 17.4 Å². The molecule has 2 heterocycles. The lowest BCUT2D eigenvalue weighted by molar-refractivity contribution is 0.0985. The summed E-state index contributed by atoms with van der Waals surface area (Å²) in [6.07, 6.45) is 0. The smallest absolute Gasteiger partial charge is 0.349 e. The standard InChI is InChI=1S/C19H15NO3/c1-12-11-20(16-8-4-3-7-14(12)16)18(21)15-10-13-6-2-5-9-17(13)23-19(15)22/h2-10,12H,11H2,1H3. The Hall–Kier alpha value is -2.88. The zero-order valence-corrected chi connectivity index (χ0v) is 12.7. The molecule has 0 radical (unpaired) electrons. The lowest BCUT2D eigenvalue weighted by Gasteiger charge is -2.17. The lowest BCUT2D eigenvalue weighted by atomic mass is 10.0. The number of nitrogens with zero attached hydrogens (tertiary/aromatic N) is 1. The molecule has 0 bridgehead atoms. The van der Waals surface area contributed by atoms with Crippen molar-refractivity contribution in [3.63, 3.8) is 0 Å². The Balaban J connectivity index is 1.82. The summed E-state index contributed by atoms with van der Waals surface area (Å²) >= 11 is 0. The number of fused-ring (bicyclic) bond motifs is 2. The van der Waals surface area contributed by atoms with Crippen LogP contribution in [0.3, 0.4) is 0 Å². The Bertz CT molecular complexity index is 974. The van der Waals surface area contributed by atoms with Crippen molar-refractivity contribution in [3.8, 4) is 0 Å². The molecule has 1 aliphatic heterocycles. The second kappa shape index (κ2) is 5.09. The van der Waals surface area contributed by atoms with E-state index in [1.807, 2.05) is 36.4 Å². The van der Waals surface area contributed by atoms with Crippen molar-refractivity contribution in [1.82, 2.24) is 0 Å². The molecular weight excluding hydrogens is 290 g/mol. The summed E-state index contributed by atoms with van der Waals surface area (Å²) in [5.41, 5.74) is 1.98. The fraction of sp³-hybridized carbons (Fsp3) is 0.158. The Morgan fingerprint density at radius 2 is 1.87 bits per heavy atom. The van der Waals surface area contributed by atoms with Crippen molar-refractivity contribution in [1.29, 1.82) is 0 Å². The average molecular weight is 305 g/mol. The van der Waals surface area contributed by atoms with Crippen LogP contribution in [0, 0.1) is 0 Å². The molecule has 1 aromatic heterocycles. The summed E-state index contributed by atoms with van der Waals surface area (Å²) in [5, 5.41) is 0.746. The van der Waals surface area contributed by atoms with Gasteiger partial charge in [0.15, 0.2) is 0 Å². The highest BCUT2D eigenvalue weighted by molar-refractivity contribution is 6.08. The van der Waals surface area contributed by atoms with Crippen LogP contribution in [0.5, 0.6) is 0 Å². The van der Waals surface area contributed by atoms with E-state index in [0.717, 1.165) is 16.6 Å². The van der Waals surface area contributed by atoms with Gasteiger partial charge in [0.05, 0.1) is 0 Å². The molecule has 0 spiro atoms. The Labute approximate surface area is 133 Å². The van der Waals surface area contributed by atoms with Crippen LogP contribution in [-0.2, 0) is 0 Å². The number of benzene rings is 2. The molecule has 1 amide bonds. The van der Waals surface area contributed by atoms with Crippen LogP contribution in [0.2, 0.25) is 0 Å². The fourth-order valence-electron chi connectivity index (χ4n) is 3.17. The van der Waals surface area contributed by atoms with E-state index in [4.69, 9.17) is 4.42 Å². The maximum absolute atomic E-state index is 12.9. The number of carbonyl (C=O) groups is 1. The highest BCUT2D eigenvalue weighted by Gasteiger charge is 2.31. The third-order valence-corrected chi connectivity index (χ3v) is 4.33. The van der Waals surface area contributed by atoms with Crippen LogP contribution in [0.25, 0.3) is 11.0 Å². The molecule has 1 aliphatic rings. The maximum atomic E-state index is 12.9. The predicted octanol–water partition coefficient (Wildman–Crippen LogP) is 3.56. The number of anilines is 1. The third-order valence-electron chi connectivity index (χ3n) is 4.33. The van der Waals surface area contributed by atoms with Crippen molar-refractivity contribution < 1.29 is 9.21 Å². The van der Waals surface area contributed by atoms with Crippen LogP contribution in [0.1, 0.15) is 28.8 Å². The van der Waals surface area contributed by atoms with Gasteiger partial charge in [0.1, 0.15) is 11.1 Å². The van der Waals surface area contributed by atoms with E-state index < -0.39 is 5.63 Å². The number of para-hydroxylation sites is 2. The second-order valence-corrected chi connectivity index (χ2v) is 5.86. The normalized spacial score (nSPS) is 16.6. The monoisotopic (exact) mass is 305 g/mol. The highest BCUT2D eigenvalue weighted by atomic mass is 16.4. The Morgan fingerprint density at radius 1 is 1.13 bits per heavy atom. The predicted molar refractivity (Wildman–Crippen MR) is 89.0 cm³/mol. The minimum atomic E-state index is -0.592. The van der Waals surface area contributed by atoms with Crippen LogP contribution in [0.4, 0.5) is 5.69 Å². The molecule has 4 heteroatoms. The molecule has 2 aromatic carbocycles. The maximum Gasteiger partial charge on any atom is 0.349 e. The minimum Gasteiger partial charge on any atom is -0.422 e. The molecule has 0 fully saturated rings. The molecule has 0 saturated carbocycles. The van der Waals surface area contributed by atoms with Crippen molar-refractivity contribution in [2.45, 2.75) is 12.8 Å². The molecule has 1 atom stereocenters. The molecule has 3 aromatic rings. The van der Waals surface area contributed by atoms with E-state index in [0.29, 0.717) is 12.1 Å². The Kier molecular flexibility index (Phi) is 3.05. The van der Waals surface area contributed by atoms with Gasteiger partial charge in [-0.3, -0.25) is 4.79 Å². The molecular formula is C19H15NO3. The number of rotatable bonds is 1. The van der Waals surface area contributed by atoms with Gasteiger partial charge in [0, 0.05) is 23.5 Å². The van der Waals surface area contributed by atoms with Crippen molar-refractivity contribution in [2.75, 3.05) is 11.4 Å². The lowest BCUT2D eigenvalue weighted by Crippen LogP contribution is -2.33. The molecule has 0 N–H and O–H groups in total. The van der Waals surface area contributed by atoms with Crippen LogP contribution < -0.4 is 10.5 Å². The Morgan fingerprint density at radius 3 is 2.74 bits per heavy atom.